The Morgan fingerprint density at radius 2 is 1.47 bits per heavy atom. The van der Waals surface area contributed by atoms with Crippen LogP contribution in [0, 0.1) is 12.8 Å². The van der Waals surface area contributed by atoms with Gasteiger partial charge in [0.25, 0.3) is 5.82 Å². The lowest BCUT2D eigenvalue weighted by atomic mass is 9.64. The van der Waals surface area contributed by atoms with Crippen LogP contribution < -0.4 is 27.3 Å². The highest BCUT2D eigenvalue weighted by molar-refractivity contribution is 5.91. The fraction of sp³-hybridized carbons (Fsp3) is 0.290. The SMILES string of the molecule is Cc1n(C2CCC(C(C(N)=O)(c3ccccc3)c3ccccc3)C2)cc[n+]1CCc1ccccc1.[Br-]. The topological polar surface area (TPSA) is 51.9 Å². The molecule has 0 radical (unpaired) electrons. The van der Waals surface area contributed by atoms with Gasteiger partial charge in [-0.3, -0.25) is 4.79 Å². The van der Waals surface area contributed by atoms with Crippen LogP contribution in [0.2, 0.25) is 0 Å². The van der Waals surface area contributed by atoms with Crippen molar-refractivity contribution in [3.05, 3.63) is 126 Å². The van der Waals surface area contributed by atoms with E-state index in [-0.39, 0.29) is 28.8 Å². The van der Waals surface area contributed by atoms with Crippen LogP contribution in [-0.4, -0.2) is 10.5 Å². The predicted molar refractivity (Wildman–Crippen MR) is 139 cm³/mol. The summed E-state index contributed by atoms with van der Waals surface area (Å²) in [5.41, 5.74) is 8.78. The fourth-order valence-electron chi connectivity index (χ4n) is 6.16. The molecule has 2 unspecified atom stereocenters. The van der Waals surface area contributed by atoms with Crippen LogP contribution in [-0.2, 0) is 23.2 Å². The van der Waals surface area contributed by atoms with E-state index in [4.69, 9.17) is 5.73 Å². The first-order valence-corrected chi connectivity index (χ1v) is 12.6. The normalized spacial score (nSPS) is 17.5. The van der Waals surface area contributed by atoms with Crippen molar-refractivity contribution in [1.29, 1.82) is 0 Å². The van der Waals surface area contributed by atoms with E-state index >= 15 is 0 Å². The number of primary amides is 1. The highest BCUT2D eigenvalue weighted by Crippen LogP contribution is 2.49. The van der Waals surface area contributed by atoms with Gasteiger partial charge in [0.15, 0.2) is 0 Å². The summed E-state index contributed by atoms with van der Waals surface area (Å²) in [6.07, 6.45) is 8.33. The number of imidazole rings is 1. The Labute approximate surface area is 224 Å². The highest BCUT2D eigenvalue weighted by atomic mass is 79.9. The molecule has 5 heteroatoms. The van der Waals surface area contributed by atoms with Gasteiger partial charge >= 0.3 is 0 Å². The molecule has 1 aliphatic carbocycles. The van der Waals surface area contributed by atoms with Gasteiger partial charge in [0.05, 0.1) is 6.54 Å². The van der Waals surface area contributed by atoms with E-state index in [1.165, 1.54) is 11.4 Å². The number of aromatic nitrogens is 2. The molecule has 0 spiro atoms. The Kier molecular flexibility index (Phi) is 8.10. The quantitative estimate of drug-likeness (QED) is 0.340. The zero-order valence-corrected chi connectivity index (χ0v) is 22.3. The molecular formula is C31H34BrN3O. The van der Waals surface area contributed by atoms with Crippen molar-refractivity contribution in [2.45, 2.75) is 50.6 Å². The molecule has 2 atom stereocenters. The number of benzene rings is 3. The van der Waals surface area contributed by atoms with E-state index in [2.05, 4.69) is 83.0 Å². The molecule has 4 nitrogen and oxygen atoms in total. The van der Waals surface area contributed by atoms with Crippen molar-refractivity contribution in [3.8, 4) is 0 Å². The average molecular weight is 545 g/mol. The maximum Gasteiger partial charge on any atom is 0.253 e. The van der Waals surface area contributed by atoms with Gasteiger partial charge in [0, 0.05) is 13.3 Å². The molecule has 1 amide bonds. The van der Waals surface area contributed by atoms with E-state index in [9.17, 15) is 4.79 Å². The zero-order valence-electron chi connectivity index (χ0n) is 20.8. The Bertz CT molecular complexity index is 1230. The Morgan fingerprint density at radius 1 is 0.917 bits per heavy atom. The van der Waals surface area contributed by atoms with E-state index in [1.807, 2.05) is 36.4 Å². The number of aryl methyl sites for hydroxylation is 2. The van der Waals surface area contributed by atoms with Crippen molar-refractivity contribution in [2.75, 3.05) is 0 Å². The summed E-state index contributed by atoms with van der Waals surface area (Å²) >= 11 is 0. The van der Waals surface area contributed by atoms with Crippen LogP contribution in [0.4, 0.5) is 0 Å². The third kappa shape index (κ3) is 4.77. The third-order valence-electron chi connectivity index (χ3n) is 7.94. The van der Waals surface area contributed by atoms with Crippen LogP contribution in [0.3, 0.4) is 0 Å². The first-order valence-electron chi connectivity index (χ1n) is 12.6. The standard InChI is InChI=1S/C31H33N3O.BrH/c1-24-33(20-19-25-11-5-2-6-12-25)21-22-34(24)29-18-17-28(23-29)31(30(32)35,26-13-7-3-8-14-26)27-15-9-4-10-16-27;/h2-16,21-22,28-29H,17-20,23H2,1H3,(H-,32,35);1H. The van der Waals surface area contributed by atoms with Gasteiger partial charge in [-0.1, -0.05) is 91.0 Å². The number of halogens is 1. The zero-order chi connectivity index (χ0) is 24.3. The van der Waals surface area contributed by atoms with Crippen LogP contribution >= 0.6 is 0 Å². The number of hydrogen-bond donors (Lipinski definition) is 1. The molecule has 2 N–H and O–H groups in total. The summed E-state index contributed by atoms with van der Waals surface area (Å²) in [6, 6.07) is 31.2. The molecule has 0 saturated heterocycles. The van der Waals surface area contributed by atoms with Crippen molar-refractivity contribution < 1.29 is 26.3 Å². The molecule has 3 aromatic carbocycles. The maximum absolute atomic E-state index is 13.4. The summed E-state index contributed by atoms with van der Waals surface area (Å²) in [5.74, 6) is 1.13. The maximum atomic E-state index is 13.4. The van der Waals surface area contributed by atoms with E-state index < -0.39 is 5.41 Å². The average Bonchev–Trinajstić information content (AvgIpc) is 3.52. The summed E-state index contributed by atoms with van der Waals surface area (Å²) < 4.78 is 4.75. The molecule has 186 valence electrons. The minimum absolute atomic E-state index is 0. The minimum atomic E-state index is -0.832. The lowest BCUT2D eigenvalue weighted by Crippen LogP contribution is -3.00. The number of amides is 1. The number of carbonyl (C=O) groups is 1. The predicted octanol–water partition coefficient (Wildman–Crippen LogP) is 2.14. The molecule has 0 bridgehead atoms. The van der Waals surface area contributed by atoms with Gasteiger partial charge in [0.2, 0.25) is 5.91 Å². The smallest absolute Gasteiger partial charge is 0.253 e. The molecule has 0 aliphatic heterocycles. The fourth-order valence-corrected chi connectivity index (χ4v) is 6.16. The summed E-state index contributed by atoms with van der Waals surface area (Å²) in [4.78, 5) is 13.4. The van der Waals surface area contributed by atoms with E-state index in [0.717, 1.165) is 43.4 Å². The third-order valence-corrected chi connectivity index (χ3v) is 7.94. The van der Waals surface area contributed by atoms with Crippen molar-refractivity contribution >= 4 is 5.91 Å². The van der Waals surface area contributed by atoms with Crippen LogP contribution in [0.25, 0.3) is 0 Å². The molecule has 1 fully saturated rings. The Morgan fingerprint density at radius 3 is 2.03 bits per heavy atom. The van der Waals surface area contributed by atoms with Gasteiger partial charge < -0.3 is 22.7 Å². The summed E-state index contributed by atoms with van der Waals surface area (Å²) in [6.45, 7) is 3.16. The van der Waals surface area contributed by atoms with Gasteiger partial charge in [-0.05, 0) is 41.9 Å². The molecule has 1 aliphatic rings. The van der Waals surface area contributed by atoms with Crippen molar-refractivity contribution in [2.24, 2.45) is 11.7 Å². The molecular weight excluding hydrogens is 510 g/mol. The molecule has 1 heterocycles. The lowest BCUT2D eigenvalue weighted by molar-refractivity contribution is -0.702. The minimum Gasteiger partial charge on any atom is -1.00 e. The van der Waals surface area contributed by atoms with Crippen molar-refractivity contribution in [1.82, 2.24) is 4.57 Å². The Hall–Kier alpha value is -3.18. The second-order valence-corrected chi connectivity index (χ2v) is 9.75. The molecule has 36 heavy (non-hydrogen) atoms. The van der Waals surface area contributed by atoms with Gasteiger partial charge in [-0.25, -0.2) is 9.13 Å². The van der Waals surface area contributed by atoms with Crippen molar-refractivity contribution in [3.63, 3.8) is 0 Å². The molecule has 1 saturated carbocycles. The van der Waals surface area contributed by atoms with Crippen LogP contribution in [0.15, 0.2) is 103 Å². The Balaban J connectivity index is 0.00000304. The lowest BCUT2D eigenvalue weighted by Gasteiger charge is -2.37. The number of hydrogen-bond acceptors (Lipinski definition) is 1. The molecule has 4 aromatic rings. The number of nitrogens with zero attached hydrogens (tertiary/aromatic N) is 2. The second-order valence-electron chi connectivity index (χ2n) is 9.75. The number of rotatable bonds is 8. The van der Waals surface area contributed by atoms with Gasteiger partial charge in [-0.15, -0.1) is 0 Å². The van der Waals surface area contributed by atoms with Gasteiger partial charge in [0.1, 0.15) is 23.9 Å². The van der Waals surface area contributed by atoms with Crippen LogP contribution in [0.1, 0.15) is 47.8 Å². The first kappa shape index (κ1) is 25.9. The summed E-state index contributed by atoms with van der Waals surface area (Å²) in [5, 5.41) is 0. The van der Waals surface area contributed by atoms with E-state index in [1.54, 1.807) is 0 Å². The largest absolute Gasteiger partial charge is 1.00 e. The molecule has 5 rings (SSSR count). The molecule has 1 aromatic heterocycles. The monoisotopic (exact) mass is 543 g/mol. The highest BCUT2D eigenvalue weighted by Gasteiger charge is 2.51. The summed E-state index contributed by atoms with van der Waals surface area (Å²) in [7, 11) is 0. The van der Waals surface area contributed by atoms with E-state index in [0.29, 0.717) is 6.04 Å². The number of nitrogens with two attached hydrogens (primary N) is 1. The first-order chi connectivity index (χ1) is 17.1. The number of carbonyl (C=O) groups excluding carboxylic acids is 1. The van der Waals surface area contributed by atoms with Crippen LogP contribution in [0.5, 0.6) is 0 Å². The second kappa shape index (κ2) is 11.3. The van der Waals surface area contributed by atoms with Gasteiger partial charge in [-0.2, -0.15) is 0 Å².